The lowest BCUT2D eigenvalue weighted by atomic mass is 10.1. The van der Waals surface area contributed by atoms with E-state index in [2.05, 4.69) is 4.72 Å². The van der Waals surface area contributed by atoms with Crippen LogP contribution in [0.1, 0.15) is 6.42 Å². The molecule has 1 saturated heterocycles. The molecule has 2 rings (SSSR count). The number of rotatable bonds is 5. The van der Waals surface area contributed by atoms with Gasteiger partial charge in [-0.1, -0.05) is 0 Å². The van der Waals surface area contributed by atoms with Gasteiger partial charge in [0, 0.05) is 25.2 Å². The summed E-state index contributed by atoms with van der Waals surface area (Å²) in [4.78, 5) is 13.7. The van der Waals surface area contributed by atoms with Crippen molar-refractivity contribution in [1.29, 1.82) is 0 Å². The first-order chi connectivity index (χ1) is 9.39. The van der Waals surface area contributed by atoms with Crippen molar-refractivity contribution in [2.24, 2.45) is 5.92 Å². The van der Waals surface area contributed by atoms with Crippen molar-refractivity contribution in [1.82, 2.24) is 4.72 Å². The van der Waals surface area contributed by atoms with Crippen molar-refractivity contribution in [3.8, 4) is 5.75 Å². The molecule has 1 aromatic carbocycles. The minimum Gasteiger partial charge on any atom is -0.497 e. The zero-order chi connectivity index (χ0) is 14.8. The van der Waals surface area contributed by atoms with E-state index in [1.54, 1.807) is 24.1 Å². The number of hydrogen-bond acceptors (Lipinski definition) is 4. The fraction of sp³-hybridized carbons (Fsp3) is 0.462. The number of anilines is 1. The van der Waals surface area contributed by atoms with E-state index in [4.69, 9.17) is 4.74 Å². The number of nitrogens with zero attached hydrogens (tertiary/aromatic N) is 1. The topological polar surface area (TPSA) is 75.7 Å². The number of methoxy groups -OCH3 is 1. The molecule has 1 heterocycles. The molecule has 0 spiro atoms. The first-order valence-electron chi connectivity index (χ1n) is 6.28. The van der Waals surface area contributed by atoms with Gasteiger partial charge in [-0.3, -0.25) is 4.79 Å². The molecule has 20 heavy (non-hydrogen) atoms. The zero-order valence-electron chi connectivity index (χ0n) is 11.5. The van der Waals surface area contributed by atoms with Crippen molar-refractivity contribution < 1.29 is 17.9 Å². The van der Waals surface area contributed by atoms with Gasteiger partial charge in [-0.25, -0.2) is 13.1 Å². The fourth-order valence-corrected chi connectivity index (χ4v) is 2.74. The number of carbonyl (C=O) groups excluding carboxylic acids is 1. The molecule has 1 aliphatic heterocycles. The molecular formula is C13H18N2O4S. The minimum absolute atomic E-state index is 0.000623. The van der Waals surface area contributed by atoms with Crippen LogP contribution in [0.3, 0.4) is 0 Å². The van der Waals surface area contributed by atoms with Crippen molar-refractivity contribution in [3.05, 3.63) is 24.3 Å². The van der Waals surface area contributed by atoms with Crippen molar-refractivity contribution in [3.63, 3.8) is 0 Å². The molecule has 6 nitrogen and oxygen atoms in total. The van der Waals surface area contributed by atoms with Crippen LogP contribution in [0.15, 0.2) is 24.3 Å². The van der Waals surface area contributed by atoms with E-state index in [1.807, 2.05) is 12.1 Å². The molecule has 1 N–H and O–H groups in total. The summed E-state index contributed by atoms with van der Waals surface area (Å²) < 4.78 is 29.7. The summed E-state index contributed by atoms with van der Waals surface area (Å²) in [6.45, 7) is 0.810. The van der Waals surface area contributed by atoms with Crippen LogP contribution in [-0.4, -0.2) is 40.8 Å². The molecule has 1 fully saturated rings. The van der Waals surface area contributed by atoms with Crippen molar-refractivity contribution >= 4 is 21.6 Å². The van der Waals surface area contributed by atoms with Crippen LogP contribution in [0.25, 0.3) is 0 Å². The minimum atomic E-state index is -3.22. The summed E-state index contributed by atoms with van der Waals surface area (Å²) in [6.07, 6.45) is 1.47. The second-order valence-corrected chi connectivity index (χ2v) is 6.73. The maximum absolute atomic E-state index is 12.0. The molecule has 110 valence electrons. The summed E-state index contributed by atoms with van der Waals surface area (Å²) in [5.41, 5.74) is 0.803. The van der Waals surface area contributed by atoms with Crippen LogP contribution in [0.5, 0.6) is 5.75 Å². The van der Waals surface area contributed by atoms with E-state index >= 15 is 0 Å². The number of amides is 1. The van der Waals surface area contributed by atoms with Crippen LogP contribution < -0.4 is 14.4 Å². The third-order valence-corrected chi connectivity index (χ3v) is 3.91. The van der Waals surface area contributed by atoms with E-state index in [-0.39, 0.29) is 18.4 Å². The Balaban J connectivity index is 2.01. The molecule has 0 bridgehead atoms. The summed E-state index contributed by atoms with van der Waals surface area (Å²) in [6, 6.07) is 7.24. The number of benzene rings is 1. The monoisotopic (exact) mass is 298 g/mol. The van der Waals surface area contributed by atoms with Gasteiger partial charge in [0.1, 0.15) is 5.75 Å². The Morgan fingerprint density at radius 3 is 2.55 bits per heavy atom. The van der Waals surface area contributed by atoms with Crippen LogP contribution >= 0.6 is 0 Å². The van der Waals surface area contributed by atoms with Crippen molar-refractivity contribution in [2.45, 2.75) is 6.42 Å². The predicted molar refractivity (Wildman–Crippen MR) is 76.3 cm³/mol. The molecule has 1 aliphatic rings. The quantitative estimate of drug-likeness (QED) is 0.863. The first-order valence-corrected chi connectivity index (χ1v) is 8.17. The average molecular weight is 298 g/mol. The Kier molecular flexibility index (Phi) is 4.29. The van der Waals surface area contributed by atoms with Gasteiger partial charge in [0.25, 0.3) is 0 Å². The van der Waals surface area contributed by atoms with E-state index in [0.29, 0.717) is 13.0 Å². The maximum atomic E-state index is 12.0. The SMILES string of the molecule is COc1ccc(N2CC(CNS(C)(=O)=O)CC2=O)cc1. The highest BCUT2D eigenvalue weighted by Gasteiger charge is 2.30. The Labute approximate surface area is 118 Å². The second kappa shape index (κ2) is 5.80. The third kappa shape index (κ3) is 3.71. The lowest BCUT2D eigenvalue weighted by Crippen LogP contribution is -2.30. The third-order valence-electron chi connectivity index (χ3n) is 3.22. The molecule has 1 unspecified atom stereocenters. The van der Waals surface area contributed by atoms with Gasteiger partial charge in [-0.05, 0) is 30.2 Å². The fourth-order valence-electron chi connectivity index (χ4n) is 2.20. The number of sulfonamides is 1. The standard InChI is InChI=1S/C13H18N2O4S/c1-19-12-5-3-11(4-6-12)15-9-10(7-13(15)16)8-14-20(2,17)18/h3-6,10,14H,7-9H2,1-2H3. The number of carbonyl (C=O) groups is 1. The van der Waals surface area contributed by atoms with E-state index < -0.39 is 10.0 Å². The van der Waals surface area contributed by atoms with Crippen LogP contribution in [-0.2, 0) is 14.8 Å². The van der Waals surface area contributed by atoms with Gasteiger partial charge in [0.15, 0.2) is 0 Å². The van der Waals surface area contributed by atoms with Gasteiger partial charge < -0.3 is 9.64 Å². The Bertz CT molecular complexity index is 583. The molecule has 0 radical (unpaired) electrons. The molecule has 0 saturated carbocycles. The van der Waals surface area contributed by atoms with Gasteiger partial charge in [-0.2, -0.15) is 0 Å². The number of ether oxygens (including phenoxy) is 1. The largest absolute Gasteiger partial charge is 0.497 e. The highest BCUT2D eigenvalue weighted by atomic mass is 32.2. The summed E-state index contributed by atoms with van der Waals surface area (Å²) in [7, 11) is -1.63. The smallest absolute Gasteiger partial charge is 0.227 e. The van der Waals surface area contributed by atoms with Crippen LogP contribution in [0.2, 0.25) is 0 Å². The van der Waals surface area contributed by atoms with Gasteiger partial charge in [0.2, 0.25) is 15.9 Å². The van der Waals surface area contributed by atoms with E-state index in [0.717, 1.165) is 17.7 Å². The highest BCUT2D eigenvalue weighted by Crippen LogP contribution is 2.26. The van der Waals surface area contributed by atoms with Gasteiger partial charge in [-0.15, -0.1) is 0 Å². The lowest BCUT2D eigenvalue weighted by molar-refractivity contribution is -0.117. The van der Waals surface area contributed by atoms with Gasteiger partial charge >= 0.3 is 0 Å². The van der Waals surface area contributed by atoms with E-state index in [9.17, 15) is 13.2 Å². The zero-order valence-corrected chi connectivity index (χ0v) is 12.3. The molecule has 1 amide bonds. The molecule has 0 aliphatic carbocycles. The van der Waals surface area contributed by atoms with Crippen molar-refractivity contribution in [2.75, 3.05) is 31.4 Å². The average Bonchev–Trinajstić information content (AvgIpc) is 2.77. The normalized spacial score (nSPS) is 19.4. The second-order valence-electron chi connectivity index (χ2n) is 4.89. The highest BCUT2D eigenvalue weighted by molar-refractivity contribution is 7.88. The molecule has 0 aromatic heterocycles. The summed E-state index contributed by atoms with van der Waals surface area (Å²) in [5, 5.41) is 0. The van der Waals surface area contributed by atoms with E-state index in [1.165, 1.54) is 0 Å². The van der Waals surface area contributed by atoms with Crippen LogP contribution in [0, 0.1) is 5.92 Å². The molecular weight excluding hydrogens is 280 g/mol. The Morgan fingerprint density at radius 1 is 1.35 bits per heavy atom. The molecule has 7 heteroatoms. The maximum Gasteiger partial charge on any atom is 0.227 e. The Morgan fingerprint density at radius 2 is 2.00 bits per heavy atom. The number of hydrogen-bond donors (Lipinski definition) is 1. The van der Waals surface area contributed by atoms with Crippen LogP contribution in [0.4, 0.5) is 5.69 Å². The molecule has 1 atom stereocenters. The predicted octanol–water partition coefficient (Wildman–Crippen LogP) is 0.597. The van der Waals surface area contributed by atoms with Gasteiger partial charge in [0.05, 0.1) is 13.4 Å². The number of nitrogens with one attached hydrogen (secondary N) is 1. The Hall–Kier alpha value is -1.60. The first kappa shape index (κ1) is 14.8. The lowest BCUT2D eigenvalue weighted by Gasteiger charge is -2.17. The summed E-state index contributed by atoms with van der Waals surface area (Å²) in [5.74, 6) is 0.741. The summed E-state index contributed by atoms with van der Waals surface area (Å²) >= 11 is 0. The molecule has 1 aromatic rings.